The Morgan fingerprint density at radius 2 is 2.04 bits per heavy atom. The summed E-state index contributed by atoms with van der Waals surface area (Å²) < 4.78 is 1.17. The van der Waals surface area contributed by atoms with Crippen molar-refractivity contribution >= 4 is 33.1 Å². The van der Waals surface area contributed by atoms with Crippen molar-refractivity contribution in [3.8, 4) is 0 Å². The number of rotatable bonds is 3. The molecule has 0 fully saturated rings. The van der Waals surface area contributed by atoms with Crippen molar-refractivity contribution in [1.29, 1.82) is 0 Å². The van der Waals surface area contributed by atoms with Crippen molar-refractivity contribution in [2.75, 3.05) is 5.32 Å². The van der Waals surface area contributed by atoms with Gasteiger partial charge in [0.05, 0.1) is 5.39 Å². The lowest BCUT2D eigenvalue weighted by atomic mass is 9.89. The highest BCUT2D eigenvalue weighted by Gasteiger charge is 2.24. The molecule has 27 heavy (non-hydrogen) atoms. The molecule has 0 radical (unpaired) electrons. The van der Waals surface area contributed by atoms with Crippen LogP contribution in [-0.2, 0) is 24.2 Å². The first-order chi connectivity index (χ1) is 12.9. The zero-order valence-electron chi connectivity index (χ0n) is 15.7. The minimum absolute atomic E-state index is 0.143. The Kier molecular flexibility index (Phi) is 4.55. The van der Waals surface area contributed by atoms with Gasteiger partial charge in [-0.05, 0) is 67.9 Å². The van der Waals surface area contributed by atoms with Crippen LogP contribution in [0.5, 0.6) is 0 Å². The predicted octanol–water partition coefficient (Wildman–Crippen LogP) is 3.23. The lowest BCUT2D eigenvalue weighted by molar-refractivity contribution is -0.117. The Bertz CT molecular complexity index is 1080. The second kappa shape index (κ2) is 6.88. The summed E-state index contributed by atoms with van der Waals surface area (Å²) in [6, 6.07) is 5.85. The summed E-state index contributed by atoms with van der Waals surface area (Å²) in [6.07, 6.45) is 2.96. The number of nitrogens with zero attached hydrogens (tertiary/aromatic N) is 3. The van der Waals surface area contributed by atoms with Gasteiger partial charge in [0, 0.05) is 10.6 Å². The van der Waals surface area contributed by atoms with E-state index in [0.29, 0.717) is 16.1 Å². The van der Waals surface area contributed by atoms with E-state index in [-0.39, 0.29) is 18.0 Å². The third kappa shape index (κ3) is 3.51. The average molecular weight is 382 g/mol. The number of hydrogen-bond acceptors (Lipinski definition) is 5. The normalized spacial score (nSPS) is 16.3. The van der Waals surface area contributed by atoms with E-state index in [2.05, 4.69) is 22.6 Å². The molecule has 2 heterocycles. The first kappa shape index (κ1) is 17.9. The molecular weight excluding hydrogens is 360 g/mol. The Hall–Kier alpha value is -2.54. The van der Waals surface area contributed by atoms with Crippen LogP contribution in [0.2, 0.25) is 0 Å². The maximum absolute atomic E-state index is 12.9. The van der Waals surface area contributed by atoms with E-state index >= 15 is 0 Å². The monoisotopic (exact) mass is 382 g/mol. The second-order valence-electron chi connectivity index (χ2n) is 7.51. The number of aryl methyl sites for hydroxylation is 3. The van der Waals surface area contributed by atoms with Crippen molar-refractivity contribution in [2.24, 2.45) is 5.92 Å². The summed E-state index contributed by atoms with van der Waals surface area (Å²) in [6.45, 7) is 6.05. The molecule has 7 heteroatoms. The Labute approximate surface area is 161 Å². The van der Waals surface area contributed by atoms with Crippen molar-refractivity contribution in [1.82, 2.24) is 15.0 Å². The number of amides is 1. The van der Waals surface area contributed by atoms with Crippen molar-refractivity contribution < 1.29 is 4.79 Å². The van der Waals surface area contributed by atoms with Crippen LogP contribution in [-0.4, -0.2) is 20.9 Å². The molecule has 1 aliphatic carbocycles. The molecule has 3 aromatic rings. The van der Waals surface area contributed by atoms with E-state index in [1.54, 1.807) is 11.3 Å². The Balaban J connectivity index is 1.61. The molecule has 0 saturated heterocycles. The van der Waals surface area contributed by atoms with E-state index in [1.807, 2.05) is 32.0 Å². The number of benzene rings is 1. The highest BCUT2D eigenvalue weighted by Crippen LogP contribution is 2.35. The molecular formula is C20H22N4O2S. The molecule has 2 aromatic heterocycles. The molecule has 1 unspecified atom stereocenters. The zero-order chi connectivity index (χ0) is 19.1. The summed E-state index contributed by atoms with van der Waals surface area (Å²) in [7, 11) is 0. The molecule has 1 aliphatic rings. The van der Waals surface area contributed by atoms with Gasteiger partial charge in [-0.15, -0.1) is 16.4 Å². The van der Waals surface area contributed by atoms with E-state index < -0.39 is 0 Å². The van der Waals surface area contributed by atoms with Crippen LogP contribution in [0.1, 0.15) is 34.9 Å². The summed E-state index contributed by atoms with van der Waals surface area (Å²) in [4.78, 5) is 27.3. The minimum atomic E-state index is -0.284. The van der Waals surface area contributed by atoms with Gasteiger partial charge in [-0.3, -0.25) is 9.59 Å². The fraction of sp³-hybridized carbons (Fsp3) is 0.400. The largest absolute Gasteiger partial charge is 0.324 e. The molecule has 1 aromatic carbocycles. The van der Waals surface area contributed by atoms with Crippen LogP contribution in [0.25, 0.3) is 10.2 Å². The average Bonchev–Trinajstić information content (AvgIpc) is 2.94. The van der Waals surface area contributed by atoms with Gasteiger partial charge in [-0.2, -0.15) is 0 Å². The van der Waals surface area contributed by atoms with Gasteiger partial charge in [0.2, 0.25) is 5.91 Å². The van der Waals surface area contributed by atoms with Gasteiger partial charge in [-0.1, -0.05) is 18.2 Å². The van der Waals surface area contributed by atoms with Crippen molar-refractivity contribution in [3.05, 3.63) is 50.1 Å². The number of carbonyl (C=O) groups is 1. The SMILES string of the molecule is Cc1cc(C)cc(NC(=O)Cn2nnc3sc4c(c3c2=O)CCC(C)C4)c1. The van der Waals surface area contributed by atoms with Gasteiger partial charge in [0.25, 0.3) is 5.56 Å². The number of carbonyl (C=O) groups excluding carboxylic acids is 1. The van der Waals surface area contributed by atoms with Crippen LogP contribution >= 0.6 is 11.3 Å². The smallest absolute Gasteiger partial charge is 0.279 e. The highest BCUT2D eigenvalue weighted by atomic mass is 32.1. The molecule has 1 amide bonds. The lowest BCUT2D eigenvalue weighted by Crippen LogP contribution is -2.30. The van der Waals surface area contributed by atoms with Crippen LogP contribution in [0.15, 0.2) is 23.0 Å². The maximum atomic E-state index is 12.9. The summed E-state index contributed by atoms with van der Waals surface area (Å²) in [5.41, 5.74) is 3.76. The topological polar surface area (TPSA) is 76.9 Å². The van der Waals surface area contributed by atoms with Gasteiger partial charge in [0.15, 0.2) is 4.83 Å². The van der Waals surface area contributed by atoms with Gasteiger partial charge >= 0.3 is 0 Å². The van der Waals surface area contributed by atoms with Gasteiger partial charge < -0.3 is 5.32 Å². The Morgan fingerprint density at radius 1 is 1.30 bits per heavy atom. The summed E-state index contributed by atoms with van der Waals surface area (Å²) in [5.74, 6) is 0.345. The standard InChI is InChI=1S/C20H22N4O2S/c1-11-4-5-15-16(9-11)27-19-18(15)20(26)24(23-22-19)10-17(25)21-14-7-12(2)6-13(3)8-14/h6-8,11H,4-5,9-10H2,1-3H3,(H,21,25). The first-order valence-electron chi connectivity index (χ1n) is 9.17. The van der Waals surface area contributed by atoms with E-state index in [9.17, 15) is 9.59 Å². The van der Waals surface area contributed by atoms with E-state index in [4.69, 9.17) is 0 Å². The minimum Gasteiger partial charge on any atom is -0.324 e. The van der Waals surface area contributed by atoms with Gasteiger partial charge in [0.1, 0.15) is 6.54 Å². The third-order valence-electron chi connectivity index (χ3n) is 4.98. The molecule has 1 N–H and O–H groups in total. The van der Waals surface area contributed by atoms with Crippen LogP contribution in [0.4, 0.5) is 5.69 Å². The van der Waals surface area contributed by atoms with E-state index in [0.717, 1.165) is 41.6 Å². The van der Waals surface area contributed by atoms with Crippen LogP contribution < -0.4 is 10.9 Å². The summed E-state index contributed by atoms with van der Waals surface area (Å²) >= 11 is 1.56. The van der Waals surface area contributed by atoms with E-state index in [1.165, 1.54) is 9.56 Å². The van der Waals surface area contributed by atoms with Gasteiger partial charge in [-0.25, -0.2) is 4.68 Å². The molecule has 0 bridgehead atoms. The third-order valence-corrected chi connectivity index (χ3v) is 6.12. The molecule has 6 nitrogen and oxygen atoms in total. The maximum Gasteiger partial charge on any atom is 0.279 e. The summed E-state index contributed by atoms with van der Waals surface area (Å²) in [5, 5.41) is 11.7. The lowest BCUT2D eigenvalue weighted by Gasteiger charge is -2.17. The van der Waals surface area contributed by atoms with Crippen LogP contribution in [0, 0.1) is 19.8 Å². The molecule has 4 rings (SSSR count). The molecule has 1 atom stereocenters. The molecule has 0 spiro atoms. The first-order valence-corrected chi connectivity index (χ1v) is 9.98. The van der Waals surface area contributed by atoms with Crippen LogP contribution in [0.3, 0.4) is 0 Å². The van der Waals surface area contributed by atoms with Crippen molar-refractivity contribution in [3.63, 3.8) is 0 Å². The number of fused-ring (bicyclic) bond motifs is 3. The number of anilines is 1. The molecule has 0 saturated carbocycles. The Morgan fingerprint density at radius 3 is 2.78 bits per heavy atom. The second-order valence-corrected chi connectivity index (χ2v) is 8.59. The van der Waals surface area contributed by atoms with Crippen molar-refractivity contribution in [2.45, 2.75) is 46.6 Å². The fourth-order valence-corrected chi connectivity index (χ4v) is 5.10. The quantitative estimate of drug-likeness (QED) is 0.754. The number of nitrogens with one attached hydrogen (secondary N) is 1. The number of hydrogen-bond donors (Lipinski definition) is 1. The fourth-order valence-electron chi connectivity index (χ4n) is 3.78. The molecule has 0 aliphatic heterocycles. The number of thiophene rings is 1. The zero-order valence-corrected chi connectivity index (χ0v) is 16.5. The molecule has 140 valence electrons. The number of aromatic nitrogens is 3. The highest BCUT2D eigenvalue weighted by molar-refractivity contribution is 7.18. The predicted molar refractivity (Wildman–Crippen MR) is 107 cm³/mol.